The van der Waals surface area contributed by atoms with Gasteiger partial charge in [-0.05, 0) is 42.5 Å². The molecule has 0 radical (unpaired) electrons. The van der Waals surface area contributed by atoms with Gasteiger partial charge in [-0.1, -0.05) is 39.3 Å². The van der Waals surface area contributed by atoms with Gasteiger partial charge in [0.05, 0.1) is 0 Å². The van der Waals surface area contributed by atoms with Crippen LogP contribution in [0.2, 0.25) is 0 Å². The zero-order chi connectivity index (χ0) is 14.1. The van der Waals surface area contributed by atoms with Gasteiger partial charge in [0.2, 0.25) is 0 Å². The van der Waals surface area contributed by atoms with E-state index in [9.17, 15) is 4.79 Å². The quantitative estimate of drug-likeness (QED) is 0.832. The van der Waals surface area contributed by atoms with Gasteiger partial charge in [0.25, 0.3) is 0 Å². The Morgan fingerprint density at radius 1 is 1.16 bits per heavy atom. The zero-order valence-electron chi connectivity index (χ0n) is 12.0. The number of carbonyl (C=O) groups excluding carboxylic acids is 1. The monoisotopic (exact) mass is 261 g/mol. The maximum absolute atomic E-state index is 11.6. The van der Waals surface area contributed by atoms with Crippen LogP contribution < -0.4 is 10.1 Å². The number of amides is 1. The Morgan fingerprint density at radius 2 is 1.79 bits per heavy atom. The first-order valence-electron chi connectivity index (χ1n) is 6.95. The van der Waals surface area contributed by atoms with Crippen LogP contribution >= 0.6 is 0 Å². The van der Waals surface area contributed by atoms with Crippen LogP contribution in [0.3, 0.4) is 0 Å². The number of rotatable bonds is 6. The van der Waals surface area contributed by atoms with Crippen LogP contribution in [0.5, 0.6) is 5.75 Å². The number of aryl methyl sites for hydroxylation is 2. The van der Waals surface area contributed by atoms with Crippen LogP contribution in [0.4, 0.5) is 4.79 Å². The Labute approximate surface area is 115 Å². The Bertz CT molecular complexity index is 416. The molecular formula is C16H23NO2. The molecule has 0 heterocycles. The first-order valence-corrected chi connectivity index (χ1v) is 6.95. The van der Waals surface area contributed by atoms with Crippen LogP contribution in [-0.2, 0) is 12.8 Å². The number of hydrogen-bond donors (Lipinski definition) is 1. The standard InChI is InChI=1S/C16H23NO2/c1-4-7-8-9-17-16(18)19-15-11-13(5-2)10-14(6-3)12-15/h8-12H,4-7H2,1-3H3,(H,17,18). The van der Waals surface area contributed by atoms with Gasteiger partial charge in [-0.25, -0.2) is 4.79 Å². The van der Waals surface area contributed by atoms with Gasteiger partial charge in [0.15, 0.2) is 0 Å². The highest BCUT2D eigenvalue weighted by atomic mass is 16.5. The summed E-state index contributed by atoms with van der Waals surface area (Å²) in [5.41, 5.74) is 2.37. The van der Waals surface area contributed by atoms with Crippen molar-refractivity contribution in [3.8, 4) is 5.75 Å². The maximum atomic E-state index is 11.6. The summed E-state index contributed by atoms with van der Waals surface area (Å²) in [7, 11) is 0. The Hall–Kier alpha value is -1.77. The molecule has 0 fully saturated rings. The average Bonchev–Trinajstić information content (AvgIpc) is 2.43. The fourth-order valence-electron chi connectivity index (χ4n) is 1.71. The molecule has 0 saturated heterocycles. The number of hydrogen-bond acceptors (Lipinski definition) is 2. The third-order valence-corrected chi connectivity index (χ3v) is 2.83. The molecule has 1 amide bonds. The van der Waals surface area contributed by atoms with Gasteiger partial charge >= 0.3 is 6.09 Å². The fourth-order valence-corrected chi connectivity index (χ4v) is 1.71. The molecule has 0 atom stereocenters. The predicted molar refractivity (Wildman–Crippen MR) is 78.4 cm³/mol. The summed E-state index contributed by atoms with van der Waals surface area (Å²) in [6.45, 7) is 6.27. The molecule has 0 saturated carbocycles. The van der Waals surface area contributed by atoms with Crippen LogP contribution in [0.25, 0.3) is 0 Å². The van der Waals surface area contributed by atoms with Crippen molar-refractivity contribution in [3.63, 3.8) is 0 Å². The third kappa shape index (κ3) is 5.60. The highest BCUT2D eigenvalue weighted by molar-refractivity contribution is 5.71. The van der Waals surface area contributed by atoms with Crippen molar-refractivity contribution in [2.45, 2.75) is 46.5 Å². The minimum Gasteiger partial charge on any atom is -0.410 e. The smallest absolute Gasteiger partial charge is 0.410 e. The van der Waals surface area contributed by atoms with Crippen molar-refractivity contribution >= 4 is 6.09 Å². The molecule has 1 aromatic carbocycles. The van der Waals surface area contributed by atoms with Crippen LogP contribution in [0, 0.1) is 0 Å². The number of unbranched alkanes of at least 4 members (excludes halogenated alkanes) is 1. The summed E-state index contributed by atoms with van der Waals surface area (Å²) < 4.78 is 5.28. The zero-order valence-corrected chi connectivity index (χ0v) is 12.0. The first-order chi connectivity index (χ1) is 9.19. The Morgan fingerprint density at radius 3 is 2.32 bits per heavy atom. The average molecular weight is 261 g/mol. The molecule has 0 aliphatic carbocycles. The van der Waals surface area contributed by atoms with Crippen molar-refractivity contribution in [2.75, 3.05) is 0 Å². The van der Waals surface area contributed by atoms with Gasteiger partial charge in [-0.2, -0.15) is 0 Å². The molecule has 3 heteroatoms. The highest BCUT2D eigenvalue weighted by Crippen LogP contribution is 2.18. The molecule has 0 spiro atoms. The van der Waals surface area contributed by atoms with E-state index in [0.717, 1.165) is 25.7 Å². The molecular weight excluding hydrogens is 238 g/mol. The number of allylic oxidation sites excluding steroid dienone is 1. The fraction of sp³-hybridized carbons (Fsp3) is 0.438. The van der Waals surface area contributed by atoms with Crippen LogP contribution in [0.1, 0.15) is 44.7 Å². The molecule has 1 aromatic rings. The van der Waals surface area contributed by atoms with Crippen molar-refractivity contribution in [2.24, 2.45) is 0 Å². The van der Waals surface area contributed by atoms with E-state index in [-0.39, 0.29) is 0 Å². The molecule has 0 aliphatic rings. The van der Waals surface area contributed by atoms with E-state index in [1.807, 2.05) is 18.2 Å². The molecule has 0 unspecified atom stereocenters. The lowest BCUT2D eigenvalue weighted by Gasteiger charge is -2.08. The molecule has 1 rings (SSSR count). The summed E-state index contributed by atoms with van der Waals surface area (Å²) in [6, 6.07) is 5.97. The maximum Gasteiger partial charge on any atom is 0.416 e. The number of ether oxygens (including phenoxy) is 1. The van der Waals surface area contributed by atoms with E-state index in [4.69, 9.17) is 4.74 Å². The van der Waals surface area contributed by atoms with E-state index < -0.39 is 6.09 Å². The minimum atomic E-state index is -0.442. The second-order valence-corrected chi connectivity index (χ2v) is 4.42. The first kappa shape index (κ1) is 15.3. The number of nitrogens with one attached hydrogen (secondary N) is 1. The van der Waals surface area contributed by atoms with Gasteiger partial charge in [0, 0.05) is 6.20 Å². The second kappa shape index (κ2) is 8.35. The number of benzene rings is 1. The summed E-state index contributed by atoms with van der Waals surface area (Å²) in [4.78, 5) is 11.6. The van der Waals surface area contributed by atoms with Crippen molar-refractivity contribution < 1.29 is 9.53 Å². The van der Waals surface area contributed by atoms with E-state index in [2.05, 4.69) is 32.2 Å². The Kier molecular flexibility index (Phi) is 6.72. The predicted octanol–water partition coefficient (Wildman–Crippen LogP) is 4.21. The summed E-state index contributed by atoms with van der Waals surface area (Å²) >= 11 is 0. The summed E-state index contributed by atoms with van der Waals surface area (Å²) in [6.07, 6.45) is 6.99. The van der Waals surface area contributed by atoms with Gasteiger partial charge < -0.3 is 4.74 Å². The second-order valence-electron chi connectivity index (χ2n) is 4.42. The molecule has 3 nitrogen and oxygen atoms in total. The molecule has 19 heavy (non-hydrogen) atoms. The van der Waals surface area contributed by atoms with Crippen molar-refractivity contribution in [1.82, 2.24) is 5.32 Å². The van der Waals surface area contributed by atoms with Crippen molar-refractivity contribution in [3.05, 3.63) is 41.6 Å². The lowest BCUT2D eigenvalue weighted by molar-refractivity contribution is 0.204. The largest absolute Gasteiger partial charge is 0.416 e. The molecule has 1 N–H and O–H groups in total. The highest BCUT2D eigenvalue weighted by Gasteiger charge is 2.04. The van der Waals surface area contributed by atoms with Crippen LogP contribution in [-0.4, -0.2) is 6.09 Å². The molecule has 104 valence electrons. The van der Waals surface area contributed by atoms with E-state index in [0.29, 0.717) is 5.75 Å². The van der Waals surface area contributed by atoms with Gasteiger partial charge in [-0.15, -0.1) is 0 Å². The molecule has 0 bridgehead atoms. The molecule has 0 aliphatic heterocycles. The van der Waals surface area contributed by atoms with E-state index in [1.54, 1.807) is 6.20 Å². The normalized spacial score (nSPS) is 10.7. The van der Waals surface area contributed by atoms with Gasteiger partial charge in [0.1, 0.15) is 5.75 Å². The van der Waals surface area contributed by atoms with E-state index >= 15 is 0 Å². The number of carbonyl (C=O) groups is 1. The summed E-state index contributed by atoms with van der Waals surface area (Å²) in [5, 5.41) is 2.60. The van der Waals surface area contributed by atoms with Gasteiger partial charge in [-0.3, -0.25) is 5.32 Å². The van der Waals surface area contributed by atoms with Crippen molar-refractivity contribution in [1.29, 1.82) is 0 Å². The SMILES string of the molecule is CCCC=CNC(=O)Oc1cc(CC)cc(CC)c1. The topological polar surface area (TPSA) is 38.3 Å². The minimum absolute atomic E-state index is 0.442. The third-order valence-electron chi connectivity index (χ3n) is 2.83. The van der Waals surface area contributed by atoms with Crippen LogP contribution in [0.15, 0.2) is 30.5 Å². The lowest BCUT2D eigenvalue weighted by atomic mass is 10.1. The molecule has 0 aromatic heterocycles. The Balaban J connectivity index is 2.62. The lowest BCUT2D eigenvalue weighted by Crippen LogP contribution is -2.21. The summed E-state index contributed by atoms with van der Waals surface area (Å²) in [5.74, 6) is 0.609. The van der Waals surface area contributed by atoms with E-state index in [1.165, 1.54) is 11.1 Å².